The molecular weight excluding hydrogens is 220 g/mol. The average Bonchev–Trinajstić information content (AvgIpc) is 2.78. The Morgan fingerprint density at radius 2 is 2.35 bits per heavy atom. The maximum atomic E-state index is 5.79. The van der Waals surface area contributed by atoms with E-state index < -0.39 is 6.04 Å². The smallest absolute Gasteiger partial charge is 0.246 e. The quantitative estimate of drug-likeness (QED) is 0.851. The molecule has 0 aliphatic carbocycles. The van der Waals surface area contributed by atoms with Crippen LogP contribution in [0.3, 0.4) is 0 Å². The van der Waals surface area contributed by atoms with Crippen molar-refractivity contribution in [2.75, 3.05) is 13.7 Å². The van der Waals surface area contributed by atoms with Gasteiger partial charge in [0.15, 0.2) is 0 Å². The molecule has 0 fully saturated rings. The Hall–Kier alpha value is -1.79. The molecular formula is C11H14N4O2. The highest BCUT2D eigenvalue weighted by atomic mass is 16.5. The molecule has 0 aromatic carbocycles. The lowest BCUT2D eigenvalue weighted by molar-refractivity contribution is 0.166. The Morgan fingerprint density at radius 3 is 3.06 bits per heavy atom. The Labute approximate surface area is 98.8 Å². The van der Waals surface area contributed by atoms with Crippen LogP contribution in [-0.4, -0.2) is 28.8 Å². The van der Waals surface area contributed by atoms with E-state index in [0.29, 0.717) is 24.0 Å². The second-order valence-corrected chi connectivity index (χ2v) is 3.74. The summed E-state index contributed by atoms with van der Waals surface area (Å²) >= 11 is 0. The van der Waals surface area contributed by atoms with Crippen molar-refractivity contribution >= 4 is 0 Å². The lowest BCUT2D eigenvalue weighted by Crippen LogP contribution is -2.16. The van der Waals surface area contributed by atoms with Gasteiger partial charge in [0.2, 0.25) is 11.7 Å². The third-order valence-electron chi connectivity index (χ3n) is 2.25. The minimum absolute atomic E-state index is 0.336. The summed E-state index contributed by atoms with van der Waals surface area (Å²) < 4.78 is 9.99. The molecule has 0 aliphatic rings. The van der Waals surface area contributed by atoms with E-state index in [1.54, 1.807) is 13.3 Å². The third kappa shape index (κ3) is 2.66. The molecule has 0 aliphatic heterocycles. The third-order valence-corrected chi connectivity index (χ3v) is 2.25. The summed E-state index contributed by atoms with van der Waals surface area (Å²) in [6.45, 7) is 2.31. The molecule has 0 radical (unpaired) electrons. The van der Waals surface area contributed by atoms with E-state index in [0.717, 1.165) is 5.56 Å². The van der Waals surface area contributed by atoms with Gasteiger partial charge in [-0.1, -0.05) is 5.16 Å². The Bertz CT molecular complexity index is 498. The highest BCUT2D eigenvalue weighted by Gasteiger charge is 2.15. The van der Waals surface area contributed by atoms with Gasteiger partial charge in [-0.3, -0.25) is 4.98 Å². The van der Waals surface area contributed by atoms with E-state index in [2.05, 4.69) is 15.1 Å². The van der Waals surface area contributed by atoms with Crippen LogP contribution in [-0.2, 0) is 4.74 Å². The van der Waals surface area contributed by atoms with Gasteiger partial charge in [0, 0.05) is 13.3 Å². The van der Waals surface area contributed by atoms with Gasteiger partial charge >= 0.3 is 0 Å². The number of aromatic nitrogens is 3. The fraction of sp³-hybridized carbons (Fsp3) is 0.364. The number of nitrogens with zero attached hydrogens (tertiary/aromatic N) is 3. The lowest BCUT2D eigenvalue weighted by atomic mass is 10.2. The molecule has 0 bridgehead atoms. The van der Waals surface area contributed by atoms with Crippen molar-refractivity contribution in [1.82, 2.24) is 15.1 Å². The number of nitrogens with two attached hydrogens (primary N) is 1. The summed E-state index contributed by atoms with van der Waals surface area (Å²) in [4.78, 5) is 8.37. The number of aryl methyl sites for hydroxylation is 1. The zero-order chi connectivity index (χ0) is 12.3. The first kappa shape index (κ1) is 11.7. The van der Waals surface area contributed by atoms with Crippen LogP contribution in [0.2, 0.25) is 0 Å². The van der Waals surface area contributed by atoms with E-state index in [9.17, 15) is 0 Å². The number of rotatable bonds is 4. The minimum atomic E-state index is -0.411. The Balaban J connectivity index is 2.23. The summed E-state index contributed by atoms with van der Waals surface area (Å²) in [6, 6.07) is 3.38. The maximum Gasteiger partial charge on any atom is 0.246 e. The maximum absolute atomic E-state index is 5.79. The van der Waals surface area contributed by atoms with Crippen molar-refractivity contribution in [3.05, 3.63) is 29.8 Å². The first-order chi connectivity index (χ1) is 8.20. The van der Waals surface area contributed by atoms with Gasteiger partial charge in [0.25, 0.3) is 0 Å². The van der Waals surface area contributed by atoms with E-state index in [1.807, 2.05) is 19.1 Å². The number of methoxy groups -OCH3 is 1. The van der Waals surface area contributed by atoms with E-state index in [-0.39, 0.29) is 0 Å². The number of hydrogen-bond donors (Lipinski definition) is 1. The Kier molecular flexibility index (Phi) is 3.46. The second kappa shape index (κ2) is 5.03. The molecule has 2 aromatic heterocycles. The van der Waals surface area contributed by atoms with Crippen LogP contribution in [0.25, 0.3) is 11.5 Å². The highest BCUT2D eigenvalue weighted by molar-refractivity contribution is 5.48. The molecule has 90 valence electrons. The largest absolute Gasteiger partial charge is 0.383 e. The first-order valence-corrected chi connectivity index (χ1v) is 5.22. The normalized spacial score (nSPS) is 12.6. The summed E-state index contributed by atoms with van der Waals surface area (Å²) in [5, 5.41) is 3.85. The van der Waals surface area contributed by atoms with E-state index in [1.165, 1.54) is 0 Å². The minimum Gasteiger partial charge on any atom is -0.383 e. The van der Waals surface area contributed by atoms with Gasteiger partial charge < -0.3 is 15.0 Å². The zero-order valence-electron chi connectivity index (χ0n) is 9.75. The molecule has 6 heteroatoms. The Morgan fingerprint density at radius 1 is 1.53 bits per heavy atom. The predicted octanol–water partition coefficient (Wildman–Crippen LogP) is 1.09. The van der Waals surface area contributed by atoms with Crippen LogP contribution in [0, 0.1) is 6.92 Å². The fourth-order valence-electron chi connectivity index (χ4n) is 1.40. The molecule has 0 amide bonds. The van der Waals surface area contributed by atoms with Gasteiger partial charge in [0.1, 0.15) is 11.7 Å². The second-order valence-electron chi connectivity index (χ2n) is 3.74. The molecule has 0 saturated heterocycles. The highest BCUT2D eigenvalue weighted by Crippen LogP contribution is 2.16. The molecule has 0 spiro atoms. The van der Waals surface area contributed by atoms with Crippen LogP contribution in [0.15, 0.2) is 22.9 Å². The van der Waals surface area contributed by atoms with Crippen LogP contribution in [0.4, 0.5) is 0 Å². The number of hydrogen-bond acceptors (Lipinski definition) is 6. The topological polar surface area (TPSA) is 87.1 Å². The van der Waals surface area contributed by atoms with Crippen molar-refractivity contribution in [2.45, 2.75) is 13.0 Å². The number of pyridine rings is 1. The van der Waals surface area contributed by atoms with Crippen molar-refractivity contribution in [3.8, 4) is 11.5 Å². The first-order valence-electron chi connectivity index (χ1n) is 5.22. The van der Waals surface area contributed by atoms with E-state index >= 15 is 0 Å². The molecule has 0 saturated carbocycles. The number of ether oxygens (including phenoxy) is 1. The SMILES string of the molecule is COCC(N)c1nc(-c2cc(C)ccn2)no1. The van der Waals surface area contributed by atoms with Gasteiger partial charge in [0.05, 0.1) is 6.61 Å². The van der Waals surface area contributed by atoms with Crippen molar-refractivity contribution < 1.29 is 9.26 Å². The summed E-state index contributed by atoms with van der Waals surface area (Å²) in [5.41, 5.74) is 7.54. The van der Waals surface area contributed by atoms with Gasteiger partial charge in [-0.25, -0.2) is 0 Å². The molecule has 1 unspecified atom stereocenters. The standard InChI is InChI=1S/C11H14N4O2/c1-7-3-4-13-9(5-7)10-14-11(17-15-10)8(12)6-16-2/h3-5,8H,6,12H2,1-2H3. The van der Waals surface area contributed by atoms with Crippen LogP contribution in [0.5, 0.6) is 0 Å². The van der Waals surface area contributed by atoms with Gasteiger partial charge in [-0.05, 0) is 24.6 Å². The fourth-order valence-corrected chi connectivity index (χ4v) is 1.40. The molecule has 6 nitrogen and oxygen atoms in total. The molecule has 2 N–H and O–H groups in total. The van der Waals surface area contributed by atoms with Crippen molar-refractivity contribution in [1.29, 1.82) is 0 Å². The summed E-state index contributed by atoms with van der Waals surface area (Å²) in [7, 11) is 1.57. The predicted molar refractivity (Wildman–Crippen MR) is 61.1 cm³/mol. The van der Waals surface area contributed by atoms with Crippen molar-refractivity contribution in [3.63, 3.8) is 0 Å². The average molecular weight is 234 g/mol. The van der Waals surface area contributed by atoms with E-state index in [4.69, 9.17) is 15.0 Å². The van der Waals surface area contributed by atoms with Gasteiger partial charge in [-0.15, -0.1) is 0 Å². The van der Waals surface area contributed by atoms with Gasteiger partial charge in [-0.2, -0.15) is 4.98 Å². The lowest BCUT2D eigenvalue weighted by Gasteiger charge is -2.02. The summed E-state index contributed by atoms with van der Waals surface area (Å²) in [6.07, 6.45) is 1.70. The van der Waals surface area contributed by atoms with Crippen LogP contribution in [0.1, 0.15) is 17.5 Å². The van der Waals surface area contributed by atoms with Crippen molar-refractivity contribution in [2.24, 2.45) is 5.73 Å². The zero-order valence-corrected chi connectivity index (χ0v) is 9.75. The monoisotopic (exact) mass is 234 g/mol. The molecule has 2 aromatic rings. The molecule has 2 rings (SSSR count). The molecule has 1 atom stereocenters. The molecule has 2 heterocycles. The van der Waals surface area contributed by atoms with Crippen LogP contribution >= 0.6 is 0 Å². The van der Waals surface area contributed by atoms with Crippen LogP contribution < -0.4 is 5.73 Å². The molecule has 17 heavy (non-hydrogen) atoms. The summed E-state index contributed by atoms with van der Waals surface area (Å²) in [5.74, 6) is 0.792.